The van der Waals surface area contributed by atoms with E-state index in [9.17, 15) is 14.7 Å². The summed E-state index contributed by atoms with van der Waals surface area (Å²) in [5, 5.41) is 12.6. The predicted molar refractivity (Wildman–Crippen MR) is 110 cm³/mol. The van der Waals surface area contributed by atoms with Crippen LogP contribution in [0.1, 0.15) is 27.2 Å². The van der Waals surface area contributed by atoms with Crippen molar-refractivity contribution in [2.45, 2.75) is 13.0 Å². The maximum absolute atomic E-state index is 12.4. The maximum Gasteiger partial charge on any atom is 0.269 e. The van der Waals surface area contributed by atoms with Gasteiger partial charge in [-0.2, -0.15) is 0 Å². The molecule has 3 rings (SSSR count). The highest BCUT2D eigenvalue weighted by atomic mass is 32.1. The summed E-state index contributed by atoms with van der Waals surface area (Å²) in [4.78, 5) is 23.9. The van der Waals surface area contributed by atoms with Gasteiger partial charge in [-0.05, 0) is 41.3 Å². The normalized spacial score (nSPS) is 11.0. The second-order valence-corrected chi connectivity index (χ2v) is 7.00. The van der Waals surface area contributed by atoms with Gasteiger partial charge in [0.05, 0.1) is 10.6 Å². The molecular formula is C22H19N2O4S-. The Hall–Kier alpha value is -3.58. The van der Waals surface area contributed by atoms with Gasteiger partial charge in [0.15, 0.2) is 0 Å². The number of rotatable bonds is 9. The first-order valence-electron chi connectivity index (χ1n) is 8.89. The molecule has 0 atom stereocenters. The molecule has 2 N–H and O–H groups in total. The molecule has 0 saturated carbocycles. The van der Waals surface area contributed by atoms with Crippen molar-refractivity contribution >= 4 is 28.9 Å². The maximum atomic E-state index is 12.4. The van der Waals surface area contributed by atoms with Gasteiger partial charge in [-0.25, -0.2) is 0 Å². The average molecular weight is 407 g/mol. The number of amides is 1. The topological polar surface area (TPSA) is 90.5 Å². The number of carbonyl (C=O) groups excluding carboxylic acids is 2. The SMILES string of the molecule is O=C([O-])C/C=C(/NNC(=O)c1ccc(COc2ccccc2)cc1)c1cccs1. The fourth-order valence-electron chi connectivity index (χ4n) is 2.46. The summed E-state index contributed by atoms with van der Waals surface area (Å²) in [6, 6.07) is 20.2. The van der Waals surface area contributed by atoms with Crippen molar-refractivity contribution < 1.29 is 19.4 Å². The Morgan fingerprint density at radius 2 is 1.72 bits per heavy atom. The van der Waals surface area contributed by atoms with Crippen LogP contribution in [0.5, 0.6) is 5.75 Å². The average Bonchev–Trinajstić information content (AvgIpc) is 3.28. The molecule has 0 unspecified atom stereocenters. The molecule has 0 saturated heterocycles. The van der Waals surface area contributed by atoms with E-state index >= 15 is 0 Å². The third-order valence-electron chi connectivity index (χ3n) is 3.94. The number of carboxylic acid groups (broad SMARTS) is 1. The Morgan fingerprint density at radius 3 is 2.38 bits per heavy atom. The molecule has 1 aromatic heterocycles. The van der Waals surface area contributed by atoms with Gasteiger partial charge in [0.25, 0.3) is 5.91 Å². The second-order valence-electron chi connectivity index (χ2n) is 6.05. The van der Waals surface area contributed by atoms with E-state index in [4.69, 9.17) is 4.74 Å². The fourth-order valence-corrected chi connectivity index (χ4v) is 3.18. The van der Waals surface area contributed by atoms with Gasteiger partial charge in [-0.1, -0.05) is 42.5 Å². The quantitative estimate of drug-likeness (QED) is 0.533. The monoisotopic (exact) mass is 407 g/mol. The van der Waals surface area contributed by atoms with Crippen molar-refractivity contribution in [2.75, 3.05) is 0 Å². The molecule has 0 aliphatic carbocycles. The van der Waals surface area contributed by atoms with E-state index in [-0.39, 0.29) is 12.3 Å². The lowest BCUT2D eigenvalue weighted by molar-refractivity contribution is -0.304. The van der Waals surface area contributed by atoms with E-state index in [0.29, 0.717) is 17.9 Å². The summed E-state index contributed by atoms with van der Waals surface area (Å²) in [6.07, 6.45) is 1.21. The van der Waals surface area contributed by atoms with E-state index in [1.807, 2.05) is 60.0 Å². The lowest BCUT2D eigenvalue weighted by atomic mass is 10.1. The Morgan fingerprint density at radius 1 is 0.966 bits per heavy atom. The van der Waals surface area contributed by atoms with E-state index in [0.717, 1.165) is 16.2 Å². The molecule has 7 heteroatoms. The van der Waals surface area contributed by atoms with Crippen molar-refractivity contribution in [1.82, 2.24) is 10.9 Å². The summed E-state index contributed by atoms with van der Waals surface area (Å²) >= 11 is 1.43. The van der Waals surface area contributed by atoms with E-state index in [1.165, 1.54) is 17.4 Å². The van der Waals surface area contributed by atoms with Crippen molar-refractivity contribution in [3.05, 3.63) is 94.2 Å². The molecule has 1 heterocycles. The molecule has 2 aromatic carbocycles. The lowest BCUT2D eigenvalue weighted by Gasteiger charge is -2.12. The number of carboxylic acids is 1. The van der Waals surface area contributed by atoms with Crippen LogP contribution in [0.3, 0.4) is 0 Å². The minimum Gasteiger partial charge on any atom is -0.550 e. The number of hydrogen-bond acceptors (Lipinski definition) is 6. The van der Waals surface area contributed by atoms with Crippen LogP contribution in [0.4, 0.5) is 0 Å². The van der Waals surface area contributed by atoms with Gasteiger partial charge >= 0.3 is 0 Å². The molecule has 148 valence electrons. The molecule has 0 aliphatic rings. The van der Waals surface area contributed by atoms with Crippen LogP contribution in [0, 0.1) is 0 Å². The molecule has 3 aromatic rings. The Labute approximate surface area is 172 Å². The molecule has 0 radical (unpaired) electrons. The zero-order valence-corrected chi connectivity index (χ0v) is 16.3. The molecule has 0 fully saturated rings. The minimum absolute atomic E-state index is 0.258. The highest BCUT2D eigenvalue weighted by Gasteiger charge is 2.08. The Kier molecular flexibility index (Phi) is 7.02. The number of nitrogens with one attached hydrogen (secondary N) is 2. The Bertz CT molecular complexity index is 968. The number of thiophene rings is 1. The van der Waals surface area contributed by atoms with Crippen LogP contribution in [0.2, 0.25) is 0 Å². The zero-order chi connectivity index (χ0) is 20.5. The summed E-state index contributed by atoms with van der Waals surface area (Å²) in [6.45, 7) is 0.401. The van der Waals surface area contributed by atoms with Gasteiger partial charge < -0.3 is 14.6 Å². The largest absolute Gasteiger partial charge is 0.550 e. The highest BCUT2D eigenvalue weighted by Crippen LogP contribution is 2.18. The first kappa shape index (κ1) is 20.2. The number of aliphatic carboxylic acids is 1. The van der Waals surface area contributed by atoms with Crippen molar-refractivity contribution in [2.24, 2.45) is 0 Å². The smallest absolute Gasteiger partial charge is 0.269 e. The van der Waals surface area contributed by atoms with Crippen molar-refractivity contribution in [1.29, 1.82) is 0 Å². The molecule has 0 aliphatic heterocycles. The molecule has 6 nitrogen and oxygen atoms in total. The molecule has 29 heavy (non-hydrogen) atoms. The number of hydrogen-bond donors (Lipinski definition) is 2. The van der Waals surface area contributed by atoms with Gasteiger partial charge in [-0.15, -0.1) is 11.3 Å². The Balaban J connectivity index is 1.57. The zero-order valence-electron chi connectivity index (χ0n) is 15.5. The van der Waals surface area contributed by atoms with E-state index in [2.05, 4.69) is 10.9 Å². The fraction of sp³-hybridized carbons (Fsp3) is 0.0909. The predicted octanol–water partition coefficient (Wildman–Crippen LogP) is 2.74. The highest BCUT2D eigenvalue weighted by molar-refractivity contribution is 7.11. The number of benzene rings is 2. The molecular weight excluding hydrogens is 388 g/mol. The lowest BCUT2D eigenvalue weighted by Crippen LogP contribution is -2.36. The summed E-state index contributed by atoms with van der Waals surface area (Å²) < 4.78 is 5.69. The third kappa shape index (κ3) is 6.22. The van der Waals surface area contributed by atoms with E-state index < -0.39 is 5.97 Å². The number of ether oxygens (including phenoxy) is 1. The minimum atomic E-state index is -1.19. The standard InChI is InChI=1S/C22H20N2O4S/c25-21(26)13-12-19(20-7-4-14-29-20)23-24-22(27)17-10-8-16(9-11-17)15-28-18-5-2-1-3-6-18/h1-12,14,23H,13,15H2,(H,24,27)(H,25,26)/p-1/b19-12+. The first-order valence-corrected chi connectivity index (χ1v) is 9.77. The van der Waals surface area contributed by atoms with Crippen LogP contribution >= 0.6 is 11.3 Å². The third-order valence-corrected chi connectivity index (χ3v) is 4.84. The van der Waals surface area contributed by atoms with Crippen LogP contribution in [-0.4, -0.2) is 11.9 Å². The van der Waals surface area contributed by atoms with Gasteiger partial charge in [0.1, 0.15) is 12.4 Å². The number of hydrazine groups is 1. The number of para-hydroxylation sites is 1. The molecule has 1 amide bonds. The van der Waals surface area contributed by atoms with Crippen LogP contribution in [0.25, 0.3) is 5.70 Å². The summed E-state index contributed by atoms with van der Waals surface area (Å²) in [5.41, 5.74) is 7.29. The number of carbonyl (C=O) groups is 2. The summed E-state index contributed by atoms with van der Waals surface area (Å²) in [7, 11) is 0. The van der Waals surface area contributed by atoms with Gasteiger partial charge in [0, 0.05) is 18.0 Å². The first-order chi connectivity index (χ1) is 14.1. The van der Waals surface area contributed by atoms with Gasteiger partial charge in [0.2, 0.25) is 0 Å². The van der Waals surface area contributed by atoms with Crippen LogP contribution < -0.4 is 20.7 Å². The van der Waals surface area contributed by atoms with Crippen molar-refractivity contribution in [3.8, 4) is 5.75 Å². The second kappa shape index (κ2) is 10.1. The molecule has 0 bridgehead atoms. The van der Waals surface area contributed by atoms with Crippen molar-refractivity contribution in [3.63, 3.8) is 0 Å². The van der Waals surface area contributed by atoms with E-state index in [1.54, 1.807) is 12.1 Å². The van der Waals surface area contributed by atoms with Crippen LogP contribution in [-0.2, 0) is 11.4 Å². The van der Waals surface area contributed by atoms with Gasteiger partial charge in [-0.3, -0.25) is 15.6 Å². The summed E-state index contributed by atoms with van der Waals surface area (Å²) in [5.74, 6) is -0.750. The molecule has 0 spiro atoms. The van der Waals surface area contributed by atoms with Crippen LogP contribution in [0.15, 0.2) is 78.2 Å².